The minimum atomic E-state index is -2.10. The molecule has 7 fully saturated rings. The van der Waals surface area contributed by atoms with Crippen LogP contribution in [0.2, 0.25) is 0 Å². The van der Waals surface area contributed by atoms with Crippen molar-refractivity contribution >= 4 is 5.97 Å². The molecule has 0 spiro atoms. The van der Waals surface area contributed by atoms with Crippen LogP contribution < -0.4 is 0 Å². The third kappa shape index (κ3) is 8.10. The second kappa shape index (κ2) is 18.2. The van der Waals surface area contributed by atoms with Gasteiger partial charge in [-0.2, -0.15) is 0 Å². The standard InChI is InChI=1S/C48H78O19/c1-43(2)16-22-21-8-9-26-45(4)12-11-28(46(5,20-51)25(45)10-13-48(26,7)47(21,6)15-14-44(22,3)27(52)17-43)64-42-38(34(58)33(57)36(65-42)39(60)61)67-41-37(32(56)30(54)24(19-50)63-41)66-40-35(59)31(55)29(53)23(18-49)62-40/h8,22-38,40-42,49-59H,9-20H2,1-7H3,(H,60,61). The molecule has 3 aliphatic heterocycles. The molecule has 25 atom stereocenters. The molecule has 25 unspecified atom stereocenters. The number of rotatable bonds is 10. The van der Waals surface area contributed by atoms with E-state index >= 15 is 0 Å². The summed E-state index contributed by atoms with van der Waals surface area (Å²) in [6.07, 6.45) is -19.2. The molecule has 5 aliphatic carbocycles. The van der Waals surface area contributed by atoms with E-state index in [2.05, 4.69) is 47.6 Å². The normalized spacial score (nSPS) is 55.3. The van der Waals surface area contributed by atoms with Crippen molar-refractivity contribution in [2.75, 3.05) is 19.8 Å². The summed E-state index contributed by atoms with van der Waals surface area (Å²) in [6.45, 7) is 14.0. The maximum Gasteiger partial charge on any atom is 0.335 e. The fraction of sp³-hybridized carbons (Fsp3) is 0.938. The molecule has 8 rings (SSSR count). The molecule has 0 bridgehead atoms. The number of allylic oxidation sites excluding steroid dienone is 2. The number of carbonyl (C=O) groups is 1. The number of ether oxygens (including phenoxy) is 6. The van der Waals surface area contributed by atoms with Gasteiger partial charge in [-0.3, -0.25) is 0 Å². The first-order valence-electron chi connectivity index (χ1n) is 24.4. The van der Waals surface area contributed by atoms with E-state index in [1.165, 1.54) is 5.57 Å². The van der Waals surface area contributed by atoms with Crippen LogP contribution in [0.25, 0.3) is 0 Å². The van der Waals surface area contributed by atoms with E-state index in [9.17, 15) is 66.1 Å². The second-order valence-electron chi connectivity index (χ2n) is 23.6. The average Bonchev–Trinajstić information content (AvgIpc) is 3.27. The van der Waals surface area contributed by atoms with Gasteiger partial charge in [0.05, 0.1) is 32.0 Å². The van der Waals surface area contributed by atoms with Gasteiger partial charge in [0.25, 0.3) is 0 Å². The van der Waals surface area contributed by atoms with Crippen LogP contribution in [0.15, 0.2) is 11.6 Å². The van der Waals surface area contributed by atoms with Crippen molar-refractivity contribution in [2.24, 2.45) is 50.2 Å². The van der Waals surface area contributed by atoms with Gasteiger partial charge in [0.15, 0.2) is 25.0 Å². The number of carboxylic acid groups (broad SMARTS) is 1. The van der Waals surface area contributed by atoms with Crippen molar-refractivity contribution in [1.82, 2.24) is 0 Å². The number of aliphatic hydroxyl groups is 11. The quantitative estimate of drug-likeness (QED) is 0.0986. The van der Waals surface area contributed by atoms with Gasteiger partial charge >= 0.3 is 5.97 Å². The van der Waals surface area contributed by atoms with Gasteiger partial charge in [0.1, 0.15) is 67.1 Å². The highest BCUT2D eigenvalue weighted by Crippen LogP contribution is 2.76. The third-order valence-electron chi connectivity index (χ3n) is 19.5. The lowest BCUT2D eigenvalue weighted by molar-refractivity contribution is -0.397. The van der Waals surface area contributed by atoms with Gasteiger partial charge in [0.2, 0.25) is 0 Å². The van der Waals surface area contributed by atoms with E-state index in [0.29, 0.717) is 12.8 Å². The van der Waals surface area contributed by atoms with E-state index in [-0.39, 0.29) is 57.5 Å². The number of fused-ring (bicyclic) bond motifs is 7. The zero-order valence-corrected chi connectivity index (χ0v) is 39.8. The fourth-order valence-corrected chi connectivity index (χ4v) is 15.2. The van der Waals surface area contributed by atoms with Gasteiger partial charge < -0.3 is 89.7 Å². The monoisotopic (exact) mass is 959 g/mol. The first-order chi connectivity index (χ1) is 31.3. The van der Waals surface area contributed by atoms with Gasteiger partial charge in [-0.05, 0) is 97.2 Å². The van der Waals surface area contributed by atoms with Crippen LogP contribution in [0.3, 0.4) is 0 Å². The van der Waals surface area contributed by atoms with E-state index in [4.69, 9.17) is 28.4 Å². The van der Waals surface area contributed by atoms with Crippen molar-refractivity contribution in [3.8, 4) is 0 Å². The minimum absolute atomic E-state index is 0.00861. The Hall–Kier alpha value is -1.47. The maximum absolute atomic E-state index is 12.5. The Labute approximate surface area is 392 Å². The zero-order chi connectivity index (χ0) is 49.1. The molecule has 4 saturated carbocycles. The molecule has 3 heterocycles. The summed E-state index contributed by atoms with van der Waals surface area (Å²) in [6, 6.07) is 0. The van der Waals surface area contributed by atoms with E-state index in [1.807, 2.05) is 6.92 Å². The van der Waals surface area contributed by atoms with Crippen LogP contribution in [0, 0.1) is 50.2 Å². The fourth-order valence-electron chi connectivity index (χ4n) is 15.2. The molecule has 12 N–H and O–H groups in total. The Morgan fingerprint density at radius 1 is 0.627 bits per heavy atom. The van der Waals surface area contributed by atoms with Gasteiger partial charge in [-0.25, -0.2) is 4.79 Å². The summed E-state index contributed by atoms with van der Waals surface area (Å²) in [5, 5.41) is 130. The topological polar surface area (TPSA) is 315 Å². The number of hydrogen-bond donors (Lipinski definition) is 12. The van der Waals surface area contributed by atoms with Gasteiger partial charge in [-0.1, -0.05) is 60.1 Å². The summed E-state index contributed by atoms with van der Waals surface area (Å²) >= 11 is 0. The van der Waals surface area contributed by atoms with Crippen LogP contribution in [-0.4, -0.2) is 191 Å². The molecule has 0 aromatic rings. The van der Waals surface area contributed by atoms with Gasteiger partial charge in [-0.15, -0.1) is 0 Å². The highest BCUT2D eigenvalue weighted by molar-refractivity contribution is 5.73. The van der Waals surface area contributed by atoms with Crippen LogP contribution in [0.1, 0.15) is 106 Å². The Kier molecular flexibility index (Phi) is 14.1. The zero-order valence-electron chi connectivity index (χ0n) is 39.8. The first kappa shape index (κ1) is 51.9. The molecule has 67 heavy (non-hydrogen) atoms. The Morgan fingerprint density at radius 3 is 1.82 bits per heavy atom. The second-order valence-corrected chi connectivity index (χ2v) is 23.6. The highest BCUT2D eigenvalue weighted by atomic mass is 16.8. The minimum Gasteiger partial charge on any atom is -0.479 e. The molecule has 0 amide bonds. The predicted octanol–water partition coefficient (Wildman–Crippen LogP) is -0.323. The number of aliphatic hydroxyl groups excluding tert-OH is 11. The average molecular weight is 959 g/mol. The Bertz CT molecular complexity index is 1830. The summed E-state index contributed by atoms with van der Waals surface area (Å²) in [7, 11) is 0. The molecular weight excluding hydrogens is 881 g/mol. The first-order valence-corrected chi connectivity index (χ1v) is 24.4. The number of aliphatic carboxylic acids is 1. The molecule has 384 valence electrons. The molecule has 0 radical (unpaired) electrons. The lowest BCUT2D eigenvalue weighted by Gasteiger charge is -2.72. The summed E-state index contributed by atoms with van der Waals surface area (Å²) < 4.78 is 36.0. The van der Waals surface area contributed by atoms with Crippen LogP contribution in [0.4, 0.5) is 0 Å². The van der Waals surface area contributed by atoms with E-state index < -0.39 is 123 Å². The van der Waals surface area contributed by atoms with Gasteiger partial charge in [0, 0.05) is 10.8 Å². The van der Waals surface area contributed by atoms with E-state index in [1.54, 1.807) is 0 Å². The summed E-state index contributed by atoms with van der Waals surface area (Å²) in [4.78, 5) is 12.5. The molecule has 8 aliphatic rings. The lowest BCUT2D eigenvalue weighted by Crippen LogP contribution is -2.68. The summed E-state index contributed by atoms with van der Waals surface area (Å²) in [5.41, 5.74) is -0.143. The molecule has 19 nitrogen and oxygen atoms in total. The SMILES string of the molecule is CC1(C)CC(O)C2(C)CCC3(C)C(=CCC4C5(C)CCC(OC6OC(C(=O)O)C(O)C(O)C6OC6OC(CO)C(O)C(O)C6OC6OC(CO)C(O)C(O)C6O)C(C)(CO)C5CCC43C)C2C1. The number of hydrogen-bond acceptors (Lipinski definition) is 18. The van der Waals surface area contributed by atoms with E-state index in [0.717, 1.165) is 44.9 Å². The van der Waals surface area contributed by atoms with Crippen molar-refractivity contribution in [3.63, 3.8) is 0 Å². The van der Waals surface area contributed by atoms with Crippen LogP contribution in [-0.2, 0) is 33.2 Å². The molecular formula is C48H78O19. The van der Waals surface area contributed by atoms with Crippen molar-refractivity contribution in [2.45, 2.75) is 211 Å². The Morgan fingerprint density at radius 2 is 1.21 bits per heavy atom. The molecule has 3 saturated heterocycles. The Balaban J connectivity index is 1.08. The molecule has 0 aromatic carbocycles. The lowest BCUT2D eigenvalue weighted by atomic mass is 9.33. The molecule has 0 aromatic heterocycles. The predicted molar refractivity (Wildman–Crippen MR) is 232 cm³/mol. The number of carboxylic acids is 1. The van der Waals surface area contributed by atoms with Crippen LogP contribution >= 0.6 is 0 Å². The summed E-state index contributed by atoms with van der Waals surface area (Å²) in [5.74, 6) is -1.22. The van der Waals surface area contributed by atoms with Crippen molar-refractivity contribution < 1.29 is 94.5 Å². The molecule has 19 heteroatoms. The van der Waals surface area contributed by atoms with Crippen LogP contribution in [0.5, 0.6) is 0 Å². The largest absolute Gasteiger partial charge is 0.479 e. The third-order valence-corrected chi connectivity index (χ3v) is 19.5. The van der Waals surface area contributed by atoms with Crippen molar-refractivity contribution in [1.29, 1.82) is 0 Å². The van der Waals surface area contributed by atoms with Crippen molar-refractivity contribution in [3.05, 3.63) is 11.6 Å². The highest BCUT2D eigenvalue weighted by Gasteiger charge is 2.70. The maximum atomic E-state index is 12.5. The smallest absolute Gasteiger partial charge is 0.335 e.